The molecule has 0 aliphatic carbocycles. The number of ether oxygens (including phenoxy) is 1. The number of methoxy groups -OCH3 is 1. The monoisotopic (exact) mass is 270 g/mol. The Morgan fingerprint density at radius 3 is 2.89 bits per heavy atom. The van der Waals surface area contributed by atoms with E-state index in [0.717, 1.165) is 25.4 Å². The van der Waals surface area contributed by atoms with Gasteiger partial charge in [-0.2, -0.15) is 0 Å². The number of likely N-dealkylation sites (tertiary alicyclic amines) is 1. The molecule has 0 saturated carbocycles. The van der Waals surface area contributed by atoms with Crippen molar-refractivity contribution >= 4 is 12.4 Å². The molecule has 2 rings (SSSR count). The van der Waals surface area contributed by atoms with Crippen LogP contribution in [0.25, 0.3) is 0 Å². The Hall–Kier alpha value is -0.770. The number of aryl methyl sites for hydroxylation is 1. The van der Waals surface area contributed by atoms with Gasteiger partial charge < -0.3 is 10.5 Å². The van der Waals surface area contributed by atoms with E-state index in [2.05, 4.69) is 30.0 Å². The lowest BCUT2D eigenvalue weighted by molar-refractivity contribution is 0.250. The number of hydrogen-bond donors (Lipinski definition) is 1. The third-order valence-electron chi connectivity index (χ3n) is 3.63. The fourth-order valence-corrected chi connectivity index (χ4v) is 2.57. The van der Waals surface area contributed by atoms with E-state index in [1.54, 1.807) is 7.11 Å². The van der Waals surface area contributed by atoms with Crippen LogP contribution in [0.4, 0.5) is 0 Å². The summed E-state index contributed by atoms with van der Waals surface area (Å²) in [5.41, 5.74) is 8.29. The van der Waals surface area contributed by atoms with Crippen LogP contribution in [0.3, 0.4) is 0 Å². The molecule has 0 aromatic heterocycles. The molecule has 1 unspecified atom stereocenters. The van der Waals surface area contributed by atoms with Gasteiger partial charge in [-0.25, -0.2) is 0 Å². The van der Waals surface area contributed by atoms with Gasteiger partial charge in [0.25, 0.3) is 0 Å². The zero-order valence-electron chi connectivity index (χ0n) is 11.2. The molecule has 1 saturated heterocycles. The van der Waals surface area contributed by atoms with Crippen LogP contribution in [0.15, 0.2) is 18.2 Å². The third-order valence-corrected chi connectivity index (χ3v) is 3.63. The van der Waals surface area contributed by atoms with E-state index in [4.69, 9.17) is 10.5 Å². The fourth-order valence-electron chi connectivity index (χ4n) is 2.57. The van der Waals surface area contributed by atoms with E-state index in [1.165, 1.54) is 24.0 Å². The molecule has 1 heterocycles. The van der Waals surface area contributed by atoms with Crippen molar-refractivity contribution in [2.75, 3.05) is 20.2 Å². The topological polar surface area (TPSA) is 38.5 Å². The van der Waals surface area contributed by atoms with Crippen LogP contribution in [0.5, 0.6) is 5.75 Å². The third kappa shape index (κ3) is 3.37. The molecule has 0 radical (unpaired) electrons. The Bertz CT molecular complexity index is 384. The van der Waals surface area contributed by atoms with Gasteiger partial charge >= 0.3 is 0 Å². The maximum absolute atomic E-state index is 5.79. The van der Waals surface area contributed by atoms with E-state index in [9.17, 15) is 0 Å². The van der Waals surface area contributed by atoms with Crippen LogP contribution in [-0.2, 0) is 6.54 Å². The molecule has 1 aromatic carbocycles. The van der Waals surface area contributed by atoms with E-state index in [0.29, 0.717) is 6.04 Å². The highest BCUT2D eigenvalue weighted by Gasteiger charge is 2.22. The van der Waals surface area contributed by atoms with Crippen LogP contribution in [0.1, 0.15) is 24.0 Å². The molecular formula is C14H23ClN2O. The standard InChI is InChI=1S/C14H22N2O.ClH/c1-11-5-6-12(8-14(11)17-2)10-16-7-3-4-13(16)9-15;/h5-6,8,13H,3-4,7,9-10,15H2,1-2H3;1H. The van der Waals surface area contributed by atoms with Crippen LogP contribution in [-0.4, -0.2) is 31.1 Å². The van der Waals surface area contributed by atoms with Crippen molar-refractivity contribution in [3.8, 4) is 5.75 Å². The summed E-state index contributed by atoms with van der Waals surface area (Å²) in [5, 5.41) is 0. The van der Waals surface area contributed by atoms with Gasteiger partial charge in [-0.05, 0) is 43.5 Å². The second-order valence-corrected chi connectivity index (χ2v) is 4.81. The number of rotatable bonds is 4. The molecule has 18 heavy (non-hydrogen) atoms. The highest BCUT2D eigenvalue weighted by molar-refractivity contribution is 5.85. The molecule has 4 heteroatoms. The average Bonchev–Trinajstić information content (AvgIpc) is 2.79. The molecule has 2 N–H and O–H groups in total. The number of benzene rings is 1. The minimum Gasteiger partial charge on any atom is -0.496 e. The number of nitrogens with zero attached hydrogens (tertiary/aromatic N) is 1. The minimum absolute atomic E-state index is 0. The molecule has 3 nitrogen and oxygen atoms in total. The van der Waals surface area contributed by atoms with Gasteiger partial charge in [0, 0.05) is 19.1 Å². The average molecular weight is 271 g/mol. The molecule has 1 aliphatic heterocycles. The predicted molar refractivity (Wildman–Crippen MR) is 77.5 cm³/mol. The van der Waals surface area contributed by atoms with Crippen molar-refractivity contribution in [2.24, 2.45) is 5.73 Å². The maximum atomic E-state index is 5.79. The van der Waals surface area contributed by atoms with Gasteiger partial charge in [0.15, 0.2) is 0 Å². The second kappa shape index (κ2) is 6.98. The van der Waals surface area contributed by atoms with Crippen LogP contribution < -0.4 is 10.5 Å². The lowest BCUT2D eigenvalue weighted by Gasteiger charge is -2.23. The van der Waals surface area contributed by atoms with E-state index >= 15 is 0 Å². The lowest BCUT2D eigenvalue weighted by atomic mass is 10.1. The first-order chi connectivity index (χ1) is 8.24. The van der Waals surface area contributed by atoms with Crippen LogP contribution >= 0.6 is 12.4 Å². The summed E-state index contributed by atoms with van der Waals surface area (Å²) in [5.74, 6) is 0.978. The summed E-state index contributed by atoms with van der Waals surface area (Å²) in [4.78, 5) is 2.48. The highest BCUT2D eigenvalue weighted by Crippen LogP contribution is 2.23. The molecule has 1 fully saturated rings. The van der Waals surface area contributed by atoms with Crippen molar-refractivity contribution < 1.29 is 4.74 Å². The molecular weight excluding hydrogens is 248 g/mol. The van der Waals surface area contributed by atoms with Gasteiger partial charge in [0.1, 0.15) is 5.75 Å². The van der Waals surface area contributed by atoms with Crippen molar-refractivity contribution in [1.82, 2.24) is 4.90 Å². The smallest absolute Gasteiger partial charge is 0.122 e. The number of hydrogen-bond acceptors (Lipinski definition) is 3. The van der Waals surface area contributed by atoms with Gasteiger partial charge in [-0.1, -0.05) is 12.1 Å². The Labute approximate surface area is 116 Å². The summed E-state index contributed by atoms with van der Waals surface area (Å²) >= 11 is 0. The lowest BCUT2D eigenvalue weighted by Crippen LogP contribution is -2.34. The summed E-state index contributed by atoms with van der Waals surface area (Å²) in [6.07, 6.45) is 2.50. The van der Waals surface area contributed by atoms with E-state index < -0.39 is 0 Å². The molecule has 1 aliphatic rings. The summed E-state index contributed by atoms with van der Waals surface area (Å²) in [6.45, 7) is 4.99. The first-order valence-corrected chi connectivity index (χ1v) is 6.32. The minimum atomic E-state index is 0. The molecule has 102 valence electrons. The molecule has 0 amide bonds. The SMILES string of the molecule is COc1cc(CN2CCCC2CN)ccc1C.Cl. The van der Waals surface area contributed by atoms with E-state index in [1.807, 2.05) is 0 Å². The number of halogens is 1. The van der Waals surface area contributed by atoms with Gasteiger partial charge in [0.2, 0.25) is 0 Å². The molecule has 0 spiro atoms. The van der Waals surface area contributed by atoms with Crippen LogP contribution in [0, 0.1) is 6.92 Å². The first-order valence-electron chi connectivity index (χ1n) is 6.32. The normalized spacial score (nSPS) is 19.6. The van der Waals surface area contributed by atoms with Gasteiger partial charge in [0.05, 0.1) is 7.11 Å². The Morgan fingerprint density at radius 1 is 1.44 bits per heavy atom. The summed E-state index contributed by atoms with van der Waals surface area (Å²) in [6, 6.07) is 7.01. The zero-order valence-corrected chi connectivity index (χ0v) is 12.0. The van der Waals surface area contributed by atoms with Crippen molar-refractivity contribution in [1.29, 1.82) is 0 Å². The van der Waals surface area contributed by atoms with Crippen LogP contribution in [0.2, 0.25) is 0 Å². The molecule has 1 atom stereocenters. The Morgan fingerprint density at radius 2 is 2.22 bits per heavy atom. The molecule has 1 aromatic rings. The first kappa shape index (κ1) is 15.3. The second-order valence-electron chi connectivity index (χ2n) is 4.81. The molecule has 0 bridgehead atoms. The van der Waals surface area contributed by atoms with Crippen molar-refractivity contribution in [3.63, 3.8) is 0 Å². The fraction of sp³-hybridized carbons (Fsp3) is 0.571. The van der Waals surface area contributed by atoms with Gasteiger partial charge in [-0.3, -0.25) is 4.90 Å². The summed E-state index contributed by atoms with van der Waals surface area (Å²) in [7, 11) is 1.73. The maximum Gasteiger partial charge on any atom is 0.122 e. The van der Waals surface area contributed by atoms with Gasteiger partial charge in [-0.15, -0.1) is 12.4 Å². The predicted octanol–water partition coefficient (Wildman–Crippen LogP) is 2.35. The number of nitrogens with two attached hydrogens (primary N) is 1. The Kier molecular flexibility index (Phi) is 5.93. The van der Waals surface area contributed by atoms with E-state index in [-0.39, 0.29) is 12.4 Å². The quantitative estimate of drug-likeness (QED) is 0.913. The van der Waals surface area contributed by atoms with Crippen molar-refractivity contribution in [2.45, 2.75) is 32.4 Å². The summed E-state index contributed by atoms with van der Waals surface area (Å²) < 4.78 is 5.36. The Balaban J connectivity index is 0.00000162. The zero-order chi connectivity index (χ0) is 12.3. The largest absolute Gasteiger partial charge is 0.496 e. The highest BCUT2D eigenvalue weighted by atomic mass is 35.5. The van der Waals surface area contributed by atoms with Crippen molar-refractivity contribution in [3.05, 3.63) is 29.3 Å².